The molecule has 0 fully saturated rings. The Labute approximate surface area is 190 Å². The Balaban J connectivity index is 1.73. The maximum atomic E-state index is 13.3. The maximum Gasteiger partial charge on any atom is 0.278 e. The molecule has 1 aliphatic heterocycles. The Morgan fingerprint density at radius 2 is 1.66 bits per heavy atom. The highest BCUT2D eigenvalue weighted by molar-refractivity contribution is 6.36. The van der Waals surface area contributed by atoms with Crippen LogP contribution in [0.25, 0.3) is 5.57 Å². The molecule has 0 unspecified atom stereocenters. The third-order valence-electron chi connectivity index (χ3n) is 5.18. The third-order valence-corrected chi connectivity index (χ3v) is 5.48. The number of halogens is 2. The number of methoxy groups -OCH3 is 1. The lowest BCUT2D eigenvalue weighted by atomic mass is 10.0. The van der Waals surface area contributed by atoms with E-state index < -0.39 is 11.8 Å². The van der Waals surface area contributed by atoms with Gasteiger partial charge in [0.1, 0.15) is 17.3 Å². The minimum Gasteiger partial charge on any atom is -0.495 e. The van der Waals surface area contributed by atoms with Crippen LogP contribution in [0.3, 0.4) is 0 Å². The normalized spacial score (nSPS) is 13.7. The van der Waals surface area contributed by atoms with Crippen LogP contribution in [-0.4, -0.2) is 23.8 Å². The molecule has 3 aromatic rings. The van der Waals surface area contributed by atoms with Crippen molar-refractivity contribution in [2.75, 3.05) is 12.4 Å². The minimum atomic E-state index is -0.471. The van der Waals surface area contributed by atoms with E-state index in [0.717, 1.165) is 10.5 Å². The average Bonchev–Trinajstić information content (AvgIpc) is 3.00. The van der Waals surface area contributed by atoms with E-state index in [1.54, 1.807) is 42.5 Å². The van der Waals surface area contributed by atoms with Crippen LogP contribution in [0.15, 0.2) is 72.4 Å². The van der Waals surface area contributed by atoms with Crippen molar-refractivity contribution in [2.24, 2.45) is 0 Å². The number of nitrogens with one attached hydrogen (secondary N) is 1. The number of nitrogens with zero attached hydrogens (tertiary/aromatic N) is 1. The Kier molecular flexibility index (Phi) is 5.97. The Hall–Kier alpha value is -3.64. The van der Waals surface area contributed by atoms with Gasteiger partial charge in [0.15, 0.2) is 0 Å². The molecular formula is C25H20ClFN2O3. The molecule has 32 heavy (non-hydrogen) atoms. The summed E-state index contributed by atoms with van der Waals surface area (Å²) in [6.45, 7) is 1.97. The summed E-state index contributed by atoms with van der Waals surface area (Å²) in [7, 11) is 1.51. The van der Waals surface area contributed by atoms with Gasteiger partial charge in [-0.2, -0.15) is 0 Å². The molecule has 4 rings (SSSR count). The van der Waals surface area contributed by atoms with Gasteiger partial charge in [-0.05, 0) is 48.4 Å². The van der Waals surface area contributed by atoms with Crippen LogP contribution in [0, 0.1) is 12.7 Å². The number of hydrogen-bond acceptors (Lipinski definition) is 4. The molecule has 0 atom stereocenters. The number of aryl methyl sites for hydroxylation is 1. The minimum absolute atomic E-state index is 0.0296. The smallest absolute Gasteiger partial charge is 0.278 e. The van der Waals surface area contributed by atoms with Gasteiger partial charge in [0.25, 0.3) is 11.8 Å². The lowest BCUT2D eigenvalue weighted by Crippen LogP contribution is -2.32. The average molecular weight is 451 g/mol. The first-order valence-electron chi connectivity index (χ1n) is 9.90. The number of ether oxygens (including phenoxy) is 1. The van der Waals surface area contributed by atoms with Crippen LogP contribution in [0.1, 0.15) is 16.7 Å². The summed E-state index contributed by atoms with van der Waals surface area (Å²) in [5.74, 6) is -0.783. The summed E-state index contributed by atoms with van der Waals surface area (Å²) >= 11 is 6.23. The summed E-state index contributed by atoms with van der Waals surface area (Å²) in [6.07, 6.45) is 0. The second-order valence-corrected chi connectivity index (χ2v) is 7.82. The molecule has 0 aromatic heterocycles. The number of anilines is 1. The lowest BCUT2D eigenvalue weighted by molar-refractivity contribution is -0.137. The van der Waals surface area contributed by atoms with Crippen molar-refractivity contribution in [3.63, 3.8) is 0 Å². The highest BCUT2D eigenvalue weighted by atomic mass is 35.5. The number of carbonyl (C=O) groups excluding carboxylic acids is 2. The van der Waals surface area contributed by atoms with Crippen molar-refractivity contribution in [1.29, 1.82) is 0 Å². The molecule has 0 spiro atoms. The molecule has 1 heterocycles. The standard InChI is InChI=1S/C25H20ClFN2O3/c1-15-3-7-17(8-4-15)22-23(28-19-11-12-21(32-2)20(26)13-19)25(31)29(24(22)30)14-16-5-9-18(27)10-6-16/h3-13,28H,14H2,1-2H3. The molecule has 5 nitrogen and oxygen atoms in total. The quantitative estimate of drug-likeness (QED) is 0.525. The first kappa shape index (κ1) is 21.6. The number of amides is 2. The predicted octanol–water partition coefficient (Wildman–Crippen LogP) is 5.19. The fourth-order valence-electron chi connectivity index (χ4n) is 3.48. The van der Waals surface area contributed by atoms with E-state index in [1.165, 1.54) is 19.2 Å². The van der Waals surface area contributed by atoms with Crippen LogP contribution in [0.5, 0.6) is 5.75 Å². The van der Waals surface area contributed by atoms with E-state index >= 15 is 0 Å². The summed E-state index contributed by atoms with van der Waals surface area (Å²) in [4.78, 5) is 27.8. The van der Waals surface area contributed by atoms with Gasteiger partial charge in [-0.3, -0.25) is 14.5 Å². The van der Waals surface area contributed by atoms with E-state index in [4.69, 9.17) is 16.3 Å². The zero-order chi connectivity index (χ0) is 22.8. The van der Waals surface area contributed by atoms with Crippen molar-refractivity contribution in [3.05, 3.63) is 100.0 Å². The van der Waals surface area contributed by atoms with Crippen LogP contribution < -0.4 is 10.1 Å². The van der Waals surface area contributed by atoms with E-state index in [2.05, 4.69) is 5.32 Å². The fraction of sp³-hybridized carbons (Fsp3) is 0.120. The van der Waals surface area contributed by atoms with Gasteiger partial charge in [-0.25, -0.2) is 4.39 Å². The fourth-order valence-corrected chi connectivity index (χ4v) is 3.74. The number of imide groups is 1. The molecule has 1 N–H and O–H groups in total. The Morgan fingerprint density at radius 3 is 2.28 bits per heavy atom. The molecule has 0 saturated carbocycles. The molecular weight excluding hydrogens is 431 g/mol. The zero-order valence-corrected chi connectivity index (χ0v) is 18.2. The van der Waals surface area contributed by atoms with Crippen LogP contribution in [0.4, 0.5) is 10.1 Å². The highest BCUT2D eigenvalue weighted by Gasteiger charge is 2.39. The third kappa shape index (κ3) is 4.22. The maximum absolute atomic E-state index is 13.3. The SMILES string of the molecule is COc1ccc(NC2=C(c3ccc(C)cc3)C(=O)N(Cc3ccc(F)cc3)C2=O)cc1Cl. The van der Waals surface area contributed by atoms with E-state index in [9.17, 15) is 14.0 Å². The van der Waals surface area contributed by atoms with Gasteiger partial charge in [0.2, 0.25) is 0 Å². The second kappa shape index (κ2) is 8.85. The molecule has 0 saturated heterocycles. The summed E-state index contributed by atoms with van der Waals surface area (Å²) in [6, 6.07) is 18.1. The van der Waals surface area contributed by atoms with E-state index in [0.29, 0.717) is 27.6 Å². The van der Waals surface area contributed by atoms with E-state index in [-0.39, 0.29) is 23.6 Å². The Morgan fingerprint density at radius 1 is 0.969 bits per heavy atom. The molecule has 2 amide bonds. The highest BCUT2D eigenvalue weighted by Crippen LogP contribution is 2.33. The number of carbonyl (C=O) groups is 2. The van der Waals surface area contributed by atoms with E-state index in [1.807, 2.05) is 19.1 Å². The molecule has 162 valence electrons. The van der Waals surface area contributed by atoms with Gasteiger partial charge in [0, 0.05) is 5.69 Å². The van der Waals surface area contributed by atoms with Crippen molar-refractivity contribution >= 4 is 34.7 Å². The van der Waals surface area contributed by atoms with Gasteiger partial charge < -0.3 is 10.1 Å². The predicted molar refractivity (Wildman–Crippen MR) is 122 cm³/mol. The largest absolute Gasteiger partial charge is 0.495 e. The first-order valence-corrected chi connectivity index (χ1v) is 10.3. The van der Waals surface area contributed by atoms with Crippen LogP contribution >= 0.6 is 11.6 Å². The number of benzene rings is 3. The first-order chi connectivity index (χ1) is 15.4. The van der Waals surface area contributed by atoms with Crippen LogP contribution in [0.2, 0.25) is 5.02 Å². The number of rotatable bonds is 6. The molecule has 7 heteroatoms. The van der Waals surface area contributed by atoms with Gasteiger partial charge in [0.05, 0.1) is 24.3 Å². The molecule has 0 aliphatic carbocycles. The summed E-state index contributed by atoms with van der Waals surface area (Å²) in [5, 5.41) is 3.44. The van der Waals surface area contributed by atoms with Crippen LogP contribution in [-0.2, 0) is 16.1 Å². The molecule has 0 bridgehead atoms. The van der Waals surface area contributed by atoms with Crippen molar-refractivity contribution in [2.45, 2.75) is 13.5 Å². The topological polar surface area (TPSA) is 58.6 Å². The van der Waals surface area contributed by atoms with Gasteiger partial charge in [-0.1, -0.05) is 53.6 Å². The van der Waals surface area contributed by atoms with Crippen molar-refractivity contribution in [1.82, 2.24) is 4.90 Å². The number of hydrogen-bond donors (Lipinski definition) is 1. The zero-order valence-electron chi connectivity index (χ0n) is 17.5. The van der Waals surface area contributed by atoms with Crippen molar-refractivity contribution < 1.29 is 18.7 Å². The second-order valence-electron chi connectivity index (χ2n) is 7.41. The van der Waals surface area contributed by atoms with Gasteiger partial charge in [-0.15, -0.1) is 0 Å². The van der Waals surface area contributed by atoms with Crippen molar-refractivity contribution in [3.8, 4) is 5.75 Å². The molecule has 3 aromatic carbocycles. The monoisotopic (exact) mass is 450 g/mol. The summed E-state index contributed by atoms with van der Waals surface area (Å²) < 4.78 is 18.4. The lowest BCUT2D eigenvalue weighted by Gasteiger charge is -2.15. The molecule has 0 radical (unpaired) electrons. The summed E-state index contributed by atoms with van der Waals surface area (Å²) in [5.41, 5.74) is 3.26. The molecule has 1 aliphatic rings. The van der Waals surface area contributed by atoms with Gasteiger partial charge >= 0.3 is 0 Å². The Bertz CT molecular complexity index is 1220.